The van der Waals surface area contributed by atoms with Crippen LogP contribution in [0.25, 0.3) is 0 Å². The number of rotatable bonds is 7. The molecule has 0 spiro atoms. The van der Waals surface area contributed by atoms with E-state index in [9.17, 15) is 0 Å². The minimum Gasteiger partial charge on any atom is -0.463 e. The molecule has 1 heterocycles. The average molecular weight is 288 g/mol. The second-order valence-corrected chi connectivity index (χ2v) is 4.39. The van der Waals surface area contributed by atoms with Crippen molar-refractivity contribution >= 4 is 17.6 Å². The van der Waals surface area contributed by atoms with Crippen LogP contribution in [0.15, 0.2) is 24.3 Å². The molecule has 0 radical (unpaired) electrons. The first-order valence-corrected chi connectivity index (χ1v) is 6.97. The summed E-state index contributed by atoms with van der Waals surface area (Å²) in [5, 5.41) is 3.18. The lowest BCUT2D eigenvalue weighted by Gasteiger charge is -2.11. The molecular weight excluding hydrogens is 268 g/mol. The third kappa shape index (κ3) is 4.03. The number of para-hydroxylation sites is 1. The van der Waals surface area contributed by atoms with Gasteiger partial charge in [-0.15, -0.1) is 0 Å². The van der Waals surface area contributed by atoms with Crippen LogP contribution in [0, 0.1) is 0 Å². The van der Waals surface area contributed by atoms with Crippen LogP contribution in [0.1, 0.15) is 25.8 Å². The highest BCUT2D eigenvalue weighted by Crippen LogP contribution is 2.20. The lowest BCUT2D eigenvalue weighted by atomic mass is 10.1. The van der Waals surface area contributed by atoms with E-state index in [1.165, 1.54) is 5.56 Å². The van der Waals surface area contributed by atoms with Gasteiger partial charge in [-0.3, -0.25) is 5.43 Å². The molecule has 0 aliphatic rings. The SMILES string of the molecule is CCCOc1nc(NN)nc(Nc2ccccc2CC)n1. The molecule has 0 aliphatic carbocycles. The van der Waals surface area contributed by atoms with Crippen LogP contribution >= 0.6 is 0 Å². The van der Waals surface area contributed by atoms with Crippen molar-refractivity contribution in [1.29, 1.82) is 0 Å². The van der Waals surface area contributed by atoms with Crippen molar-refractivity contribution in [2.75, 3.05) is 17.3 Å². The Labute approximate surface area is 123 Å². The zero-order chi connectivity index (χ0) is 15.1. The minimum absolute atomic E-state index is 0.247. The molecule has 0 amide bonds. The second kappa shape index (κ2) is 7.39. The van der Waals surface area contributed by atoms with Gasteiger partial charge in [-0.05, 0) is 24.5 Å². The van der Waals surface area contributed by atoms with E-state index in [2.05, 4.69) is 38.7 Å². The maximum Gasteiger partial charge on any atom is 0.323 e. The summed E-state index contributed by atoms with van der Waals surface area (Å²) in [5.74, 6) is 6.03. The van der Waals surface area contributed by atoms with E-state index in [0.717, 1.165) is 18.5 Å². The highest BCUT2D eigenvalue weighted by atomic mass is 16.5. The Bertz CT molecular complexity index is 589. The molecule has 0 bridgehead atoms. The van der Waals surface area contributed by atoms with Gasteiger partial charge in [0.2, 0.25) is 11.9 Å². The summed E-state index contributed by atoms with van der Waals surface area (Å²) in [4.78, 5) is 12.5. The van der Waals surface area contributed by atoms with E-state index >= 15 is 0 Å². The molecular formula is C14H20N6O. The molecule has 0 saturated carbocycles. The van der Waals surface area contributed by atoms with E-state index in [0.29, 0.717) is 12.6 Å². The fourth-order valence-electron chi connectivity index (χ4n) is 1.81. The van der Waals surface area contributed by atoms with Gasteiger partial charge in [-0.25, -0.2) is 5.84 Å². The third-order valence-electron chi connectivity index (χ3n) is 2.82. The number of nitrogens with two attached hydrogens (primary N) is 1. The summed E-state index contributed by atoms with van der Waals surface area (Å²) >= 11 is 0. The van der Waals surface area contributed by atoms with Crippen molar-refractivity contribution in [2.24, 2.45) is 5.84 Å². The molecule has 1 aromatic carbocycles. The first-order valence-electron chi connectivity index (χ1n) is 6.97. The van der Waals surface area contributed by atoms with Crippen LogP contribution in [0.5, 0.6) is 6.01 Å². The number of nitrogens with zero attached hydrogens (tertiary/aromatic N) is 3. The topological polar surface area (TPSA) is 98.0 Å². The maximum absolute atomic E-state index is 5.43. The first kappa shape index (κ1) is 15.0. The maximum atomic E-state index is 5.43. The summed E-state index contributed by atoms with van der Waals surface area (Å²) in [6.45, 7) is 4.65. The molecule has 0 aliphatic heterocycles. The summed E-state index contributed by atoms with van der Waals surface area (Å²) < 4.78 is 5.43. The van der Waals surface area contributed by atoms with Crippen molar-refractivity contribution in [2.45, 2.75) is 26.7 Å². The standard InChI is InChI=1S/C14H20N6O/c1-3-9-21-14-18-12(17-13(19-14)20-15)16-11-8-6-5-7-10(11)4-2/h5-8H,3-4,9,15H2,1-2H3,(H2,16,17,18,19,20). The number of benzene rings is 1. The second-order valence-electron chi connectivity index (χ2n) is 4.39. The molecule has 0 atom stereocenters. The number of ether oxygens (including phenoxy) is 1. The lowest BCUT2D eigenvalue weighted by Crippen LogP contribution is -2.14. The monoisotopic (exact) mass is 288 g/mol. The quantitative estimate of drug-likeness (QED) is 0.531. The van der Waals surface area contributed by atoms with Gasteiger partial charge >= 0.3 is 6.01 Å². The van der Waals surface area contributed by atoms with Crippen molar-refractivity contribution in [3.05, 3.63) is 29.8 Å². The van der Waals surface area contributed by atoms with Gasteiger partial charge in [0.15, 0.2) is 0 Å². The van der Waals surface area contributed by atoms with Gasteiger partial charge in [0.05, 0.1) is 6.61 Å². The minimum atomic E-state index is 0.247. The van der Waals surface area contributed by atoms with Crippen molar-refractivity contribution < 1.29 is 4.74 Å². The Morgan fingerprint density at radius 3 is 2.57 bits per heavy atom. The largest absolute Gasteiger partial charge is 0.463 e. The van der Waals surface area contributed by atoms with E-state index in [1.54, 1.807) is 0 Å². The van der Waals surface area contributed by atoms with Crippen LogP contribution in [-0.2, 0) is 6.42 Å². The molecule has 21 heavy (non-hydrogen) atoms. The van der Waals surface area contributed by atoms with Gasteiger partial charge in [0, 0.05) is 5.69 Å². The van der Waals surface area contributed by atoms with Gasteiger partial charge < -0.3 is 10.1 Å². The third-order valence-corrected chi connectivity index (χ3v) is 2.82. The predicted octanol–water partition coefficient (Wildman–Crippen LogP) is 2.25. The summed E-state index contributed by atoms with van der Waals surface area (Å²) in [6, 6.07) is 8.24. The Hall–Kier alpha value is -2.41. The Morgan fingerprint density at radius 1 is 1.10 bits per heavy atom. The van der Waals surface area contributed by atoms with E-state index in [1.807, 2.05) is 25.1 Å². The summed E-state index contributed by atoms with van der Waals surface area (Å²) in [7, 11) is 0. The molecule has 2 aromatic rings. The van der Waals surface area contributed by atoms with E-state index < -0.39 is 0 Å². The number of nitrogens with one attached hydrogen (secondary N) is 2. The van der Waals surface area contributed by atoms with Crippen molar-refractivity contribution in [3.8, 4) is 6.01 Å². The fraction of sp³-hybridized carbons (Fsp3) is 0.357. The van der Waals surface area contributed by atoms with Gasteiger partial charge in [-0.2, -0.15) is 15.0 Å². The Balaban J connectivity index is 2.25. The molecule has 0 saturated heterocycles. The van der Waals surface area contributed by atoms with Gasteiger partial charge in [0.25, 0.3) is 0 Å². The number of hydrazine groups is 1. The zero-order valence-electron chi connectivity index (χ0n) is 12.3. The zero-order valence-corrected chi connectivity index (χ0v) is 12.3. The predicted molar refractivity (Wildman–Crippen MR) is 82.5 cm³/mol. The van der Waals surface area contributed by atoms with E-state index in [4.69, 9.17) is 10.6 Å². The summed E-state index contributed by atoms with van der Waals surface area (Å²) in [5.41, 5.74) is 4.55. The van der Waals surface area contributed by atoms with E-state index in [-0.39, 0.29) is 12.0 Å². The van der Waals surface area contributed by atoms with Crippen LogP contribution in [0.2, 0.25) is 0 Å². The Morgan fingerprint density at radius 2 is 1.86 bits per heavy atom. The van der Waals surface area contributed by atoms with Crippen LogP contribution in [0.4, 0.5) is 17.6 Å². The highest BCUT2D eigenvalue weighted by Gasteiger charge is 2.08. The average Bonchev–Trinajstić information content (AvgIpc) is 2.53. The highest BCUT2D eigenvalue weighted by molar-refractivity contribution is 5.59. The molecule has 112 valence electrons. The molecule has 7 heteroatoms. The smallest absolute Gasteiger partial charge is 0.323 e. The Kier molecular flexibility index (Phi) is 5.28. The van der Waals surface area contributed by atoms with Crippen molar-refractivity contribution in [3.63, 3.8) is 0 Å². The molecule has 0 unspecified atom stereocenters. The van der Waals surface area contributed by atoms with Crippen LogP contribution in [-0.4, -0.2) is 21.6 Å². The fourth-order valence-corrected chi connectivity index (χ4v) is 1.81. The molecule has 7 nitrogen and oxygen atoms in total. The van der Waals surface area contributed by atoms with Crippen LogP contribution in [0.3, 0.4) is 0 Å². The van der Waals surface area contributed by atoms with Gasteiger partial charge in [0.1, 0.15) is 0 Å². The van der Waals surface area contributed by atoms with Crippen molar-refractivity contribution in [1.82, 2.24) is 15.0 Å². The molecule has 1 aromatic heterocycles. The number of hydrogen-bond donors (Lipinski definition) is 3. The number of anilines is 3. The first-order chi connectivity index (χ1) is 10.3. The normalized spacial score (nSPS) is 10.2. The summed E-state index contributed by atoms with van der Waals surface area (Å²) in [6.07, 6.45) is 1.79. The number of aryl methyl sites for hydroxylation is 1. The van der Waals surface area contributed by atoms with Crippen LogP contribution < -0.4 is 21.3 Å². The van der Waals surface area contributed by atoms with Gasteiger partial charge in [-0.1, -0.05) is 32.0 Å². The number of nitrogen functional groups attached to an aromatic ring is 1. The lowest BCUT2D eigenvalue weighted by molar-refractivity contribution is 0.292. The molecule has 4 N–H and O–H groups in total. The number of hydrogen-bond acceptors (Lipinski definition) is 7. The number of aromatic nitrogens is 3. The molecule has 2 rings (SSSR count). The molecule has 0 fully saturated rings.